The molecule has 0 bridgehead atoms. The Kier molecular flexibility index (Phi) is 5.03. The molecular weight excluding hydrogens is 222 g/mol. The van der Waals surface area contributed by atoms with Gasteiger partial charge in [0, 0.05) is 19.1 Å². The fourth-order valence-corrected chi connectivity index (χ4v) is 1.84. The third-order valence-electron chi connectivity index (χ3n) is 2.48. The van der Waals surface area contributed by atoms with E-state index in [4.69, 9.17) is 17.3 Å². The molecule has 0 aliphatic heterocycles. The maximum absolute atomic E-state index is 6.00. The highest BCUT2D eigenvalue weighted by Gasteiger charge is 2.12. The van der Waals surface area contributed by atoms with Crippen LogP contribution >= 0.6 is 11.6 Å². The molecule has 0 saturated heterocycles. The van der Waals surface area contributed by atoms with E-state index in [1.54, 1.807) is 0 Å². The van der Waals surface area contributed by atoms with Crippen molar-refractivity contribution in [3.05, 3.63) is 22.8 Å². The predicted octanol–water partition coefficient (Wildman–Crippen LogP) is 2.82. The maximum atomic E-state index is 6.00. The number of anilines is 1. The molecule has 0 unspecified atom stereocenters. The highest BCUT2D eigenvalue weighted by atomic mass is 35.5. The standard InChI is InChI=1S/C12H20ClN3/c1-4-7-16(9(2)3)12-6-5-10(13)11(8-14)15-12/h5-6,9H,4,7-8,14H2,1-3H3. The van der Waals surface area contributed by atoms with E-state index in [9.17, 15) is 0 Å². The third-order valence-corrected chi connectivity index (χ3v) is 2.82. The van der Waals surface area contributed by atoms with Crippen LogP contribution in [0.3, 0.4) is 0 Å². The number of halogens is 1. The summed E-state index contributed by atoms with van der Waals surface area (Å²) >= 11 is 6.00. The maximum Gasteiger partial charge on any atom is 0.129 e. The van der Waals surface area contributed by atoms with E-state index in [-0.39, 0.29) is 0 Å². The Morgan fingerprint density at radius 2 is 2.12 bits per heavy atom. The molecule has 90 valence electrons. The van der Waals surface area contributed by atoms with E-state index in [1.807, 2.05) is 12.1 Å². The summed E-state index contributed by atoms with van der Waals surface area (Å²) in [6.07, 6.45) is 1.10. The zero-order valence-electron chi connectivity index (χ0n) is 10.2. The van der Waals surface area contributed by atoms with Gasteiger partial charge in [0.05, 0.1) is 10.7 Å². The summed E-state index contributed by atoms with van der Waals surface area (Å²) in [6.45, 7) is 7.86. The fourth-order valence-electron chi connectivity index (χ4n) is 1.65. The average Bonchev–Trinajstić information content (AvgIpc) is 2.26. The molecule has 0 aliphatic rings. The summed E-state index contributed by atoms with van der Waals surface area (Å²) in [5.41, 5.74) is 6.37. The summed E-state index contributed by atoms with van der Waals surface area (Å²) in [6, 6.07) is 4.26. The van der Waals surface area contributed by atoms with Crippen molar-refractivity contribution in [3.8, 4) is 0 Å². The van der Waals surface area contributed by atoms with Gasteiger partial charge < -0.3 is 10.6 Å². The lowest BCUT2D eigenvalue weighted by atomic mass is 10.2. The summed E-state index contributed by atoms with van der Waals surface area (Å²) in [7, 11) is 0. The van der Waals surface area contributed by atoms with E-state index in [0.717, 1.165) is 24.5 Å². The van der Waals surface area contributed by atoms with Crippen LogP contribution in [0.2, 0.25) is 5.02 Å². The van der Waals surface area contributed by atoms with Crippen molar-refractivity contribution in [2.75, 3.05) is 11.4 Å². The van der Waals surface area contributed by atoms with Crippen molar-refractivity contribution in [1.29, 1.82) is 0 Å². The van der Waals surface area contributed by atoms with Crippen molar-refractivity contribution < 1.29 is 0 Å². The van der Waals surface area contributed by atoms with Crippen LogP contribution in [0.25, 0.3) is 0 Å². The van der Waals surface area contributed by atoms with Crippen LogP contribution in [-0.2, 0) is 6.54 Å². The number of hydrogen-bond acceptors (Lipinski definition) is 3. The fraction of sp³-hybridized carbons (Fsp3) is 0.583. The molecule has 0 radical (unpaired) electrons. The monoisotopic (exact) mass is 241 g/mol. The lowest BCUT2D eigenvalue weighted by Crippen LogP contribution is -2.32. The van der Waals surface area contributed by atoms with Gasteiger partial charge in [-0.05, 0) is 32.4 Å². The number of nitrogens with two attached hydrogens (primary N) is 1. The minimum Gasteiger partial charge on any atom is -0.354 e. The number of rotatable bonds is 5. The van der Waals surface area contributed by atoms with Crippen molar-refractivity contribution in [2.45, 2.75) is 39.8 Å². The zero-order valence-corrected chi connectivity index (χ0v) is 11.0. The molecule has 2 N–H and O–H groups in total. The van der Waals surface area contributed by atoms with Crippen LogP contribution in [0.1, 0.15) is 32.9 Å². The smallest absolute Gasteiger partial charge is 0.129 e. The second-order valence-corrected chi connectivity index (χ2v) is 4.50. The van der Waals surface area contributed by atoms with Crippen LogP contribution in [0.15, 0.2) is 12.1 Å². The molecule has 1 aromatic heterocycles. The van der Waals surface area contributed by atoms with E-state index >= 15 is 0 Å². The van der Waals surface area contributed by atoms with Crippen LogP contribution in [0, 0.1) is 0 Å². The van der Waals surface area contributed by atoms with Crippen LogP contribution < -0.4 is 10.6 Å². The van der Waals surface area contributed by atoms with Gasteiger partial charge >= 0.3 is 0 Å². The van der Waals surface area contributed by atoms with E-state index in [1.165, 1.54) is 0 Å². The minimum absolute atomic E-state index is 0.380. The summed E-state index contributed by atoms with van der Waals surface area (Å²) in [5.74, 6) is 0.960. The Morgan fingerprint density at radius 3 is 2.62 bits per heavy atom. The van der Waals surface area contributed by atoms with Gasteiger partial charge in [0.2, 0.25) is 0 Å². The molecule has 0 aromatic carbocycles. The normalized spacial score (nSPS) is 10.9. The summed E-state index contributed by atoms with van der Waals surface area (Å²) in [4.78, 5) is 6.76. The van der Waals surface area contributed by atoms with Crippen LogP contribution in [0.5, 0.6) is 0 Å². The summed E-state index contributed by atoms with van der Waals surface area (Å²) < 4.78 is 0. The topological polar surface area (TPSA) is 42.1 Å². The zero-order chi connectivity index (χ0) is 12.1. The quantitative estimate of drug-likeness (QED) is 0.862. The Bertz CT molecular complexity index is 339. The number of aromatic nitrogens is 1. The first-order valence-corrected chi connectivity index (χ1v) is 6.10. The van der Waals surface area contributed by atoms with E-state index < -0.39 is 0 Å². The Morgan fingerprint density at radius 1 is 1.44 bits per heavy atom. The van der Waals surface area contributed by atoms with Gasteiger partial charge in [-0.25, -0.2) is 4.98 Å². The van der Waals surface area contributed by atoms with Crippen molar-refractivity contribution in [1.82, 2.24) is 4.98 Å². The van der Waals surface area contributed by atoms with E-state index in [2.05, 4.69) is 30.7 Å². The number of nitrogens with zero attached hydrogens (tertiary/aromatic N) is 2. The molecule has 3 nitrogen and oxygen atoms in total. The molecule has 1 rings (SSSR count). The number of pyridine rings is 1. The van der Waals surface area contributed by atoms with Crippen LogP contribution in [0.4, 0.5) is 5.82 Å². The lowest BCUT2D eigenvalue weighted by Gasteiger charge is -2.27. The van der Waals surface area contributed by atoms with Gasteiger partial charge in [0.15, 0.2) is 0 Å². The second-order valence-electron chi connectivity index (χ2n) is 4.09. The molecule has 0 spiro atoms. The first-order valence-electron chi connectivity index (χ1n) is 5.72. The van der Waals surface area contributed by atoms with Gasteiger partial charge in [-0.1, -0.05) is 18.5 Å². The molecule has 0 aliphatic carbocycles. The molecule has 1 heterocycles. The molecule has 0 fully saturated rings. The van der Waals surface area contributed by atoms with Gasteiger partial charge in [0.1, 0.15) is 5.82 Å². The highest BCUT2D eigenvalue weighted by molar-refractivity contribution is 6.31. The van der Waals surface area contributed by atoms with Gasteiger partial charge in [-0.2, -0.15) is 0 Å². The van der Waals surface area contributed by atoms with Crippen LogP contribution in [-0.4, -0.2) is 17.6 Å². The first kappa shape index (κ1) is 13.3. The molecule has 4 heteroatoms. The Balaban J connectivity index is 3.00. The minimum atomic E-state index is 0.380. The largest absolute Gasteiger partial charge is 0.354 e. The van der Waals surface area contributed by atoms with Gasteiger partial charge in [0.25, 0.3) is 0 Å². The molecule has 0 atom stereocenters. The van der Waals surface area contributed by atoms with Gasteiger partial charge in [-0.15, -0.1) is 0 Å². The summed E-state index contributed by atoms with van der Waals surface area (Å²) in [5, 5.41) is 0.645. The van der Waals surface area contributed by atoms with Crippen molar-refractivity contribution in [2.24, 2.45) is 5.73 Å². The molecule has 16 heavy (non-hydrogen) atoms. The average molecular weight is 242 g/mol. The molecule has 0 amide bonds. The van der Waals surface area contributed by atoms with E-state index in [0.29, 0.717) is 17.6 Å². The highest BCUT2D eigenvalue weighted by Crippen LogP contribution is 2.20. The first-order chi connectivity index (χ1) is 7.60. The second kappa shape index (κ2) is 6.06. The van der Waals surface area contributed by atoms with Gasteiger partial charge in [-0.3, -0.25) is 0 Å². The SMILES string of the molecule is CCCN(c1ccc(Cl)c(CN)n1)C(C)C. The lowest BCUT2D eigenvalue weighted by molar-refractivity contribution is 0.660. The molecule has 1 aromatic rings. The molecular formula is C12H20ClN3. The number of hydrogen-bond donors (Lipinski definition) is 1. The Labute approximate surface area is 103 Å². The Hall–Kier alpha value is -0.800. The predicted molar refractivity (Wildman–Crippen MR) is 69.9 cm³/mol. The van der Waals surface area contributed by atoms with Crippen molar-refractivity contribution in [3.63, 3.8) is 0 Å². The van der Waals surface area contributed by atoms with Crippen molar-refractivity contribution >= 4 is 17.4 Å². The third kappa shape index (κ3) is 3.09. The molecule has 0 saturated carbocycles.